The van der Waals surface area contributed by atoms with E-state index in [1.165, 1.54) is 10.7 Å². The van der Waals surface area contributed by atoms with Gasteiger partial charge in [-0.05, 0) is 81.0 Å². The Morgan fingerprint density at radius 3 is 2.67 bits per heavy atom. The largest absolute Gasteiger partial charge is 0.374 e. The number of nitrogens with zero attached hydrogens (tertiary/aromatic N) is 7. The fraction of sp³-hybridized carbons (Fsp3) is 0.524. The molecular weight excluding hydrogens is 749 g/mol. The van der Waals surface area contributed by atoms with Crippen LogP contribution in [0.3, 0.4) is 0 Å². The zero-order valence-electron chi connectivity index (χ0n) is 32.2. The first-order chi connectivity index (χ1) is 28.2. The number of benzene rings is 1. The average molecular weight is 796 g/mol. The lowest BCUT2D eigenvalue weighted by molar-refractivity contribution is -0.134. The third-order valence-electron chi connectivity index (χ3n) is 12.4. The van der Waals surface area contributed by atoms with Crippen LogP contribution in [0.15, 0.2) is 48.9 Å². The maximum atomic E-state index is 14.2. The molecule has 4 aromatic rings. The highest BCUT2D eigenvalue weighted by Gasteiger charge is 2.40. The van der Waals surface area contributed by atoms with Gasteiger partial charge < -0.3 is 24.6 Å². The summed E-state index contributed by atoms with van der Waals surface area (Å²) in [5.41, 5.74) is 1.80. The molecule has 1 aromatic carbocycles. The molecule has 4 saturated heterocycles. The number of nitrogens with one attached hydrogen (secondary N) is 2. The van der Waals surface area contributed by atoms with Gasteiger partial charge in [-0.3, -0.25) is 24.4 Å². The summed E-state index contributed by atoms with van der Waals surface area (Å²) in [6.07, 6.45) is 9.44. The minimum Gasteiger partial charge on any atom is -0.374 e. The number of morpholine rings is 1. The Balaban J connectivity index is 0.734. The van der Waals surface area contributed by atoms with Crippen molar-refractivity contribution in [3.05, 3.63) is 71.3 Å². The Bertz CT molecular complexity index is 2230. The minimum absolute atomic E-state index is 0.00156. The Morgan fingerprint density at radius 1 is 1.07 bits per heavy atom. The fourth-order valence-corrected chi connectivity index (χ4v) is 9.26. The lowest BCUT2D eigenvalue weighted by Crippen LogP contribution is -2.40. The van der Waals surface area contributed by atoms with Crippen molar-refractivity contribution in [2.24, 2.45) is 5.92 Å². The highest BCUT2D eigenvalue weighted by Crippen LogP contribution is 2.36. The fourth-order valence-electron chi connectivity index (χ4n) is 9.26. The highest BCUT2D eigenvalue weighted by molar-refractivity contribution is 6.08. The predicted octanol–water partition coefficient (Wildman–Crippen LogP) is 4.88. The molecule has 7 heterocycles. The summed E-state index contributed by atoms with van der Waals surface area (Å²) < 4.78 is 43.4. The molecule has 1 aliphatic carbocycles. The van der Waals surface area contributed by atoms with Crippen LogP contribution in [-0.2, 0) is 19.1 Å². The van der Waals surface area contributed by atoms with Gasteiger partial charge in [-0.2, -0.15) is 10.2 Å². The number of hydrogen-bond donors (Lipinski definition) is 2. The van der Waals surface area contributed by atoms with Gasteiger partial charge in [-0.15, -0.1) is 0 Å². The second-order valence-electron chi connectivity index (χ2n) is 16.2. The third-order valence-corrected chi connectivity index (χ3v) is 12.4. The number of alkyl halides is 2. The van der Waals surface area contributed by atoms with E-state index >= 15 is 0 Å². The van der Waals surface area contributed by atoms with Crippen LogP contribution in [0.4, 0.5) is 20.3 Å². The predicted molar refractivity (Wildman–Crippen MR) is 208 cm³/mol. The number of carbonyl (C=O) groups excluding carboxylic acids is 3. The van der Waals surface area contributed by atoms with E-state index in [0.29, 0.717) is 37.6 Å². The Kier molecular flexibility index (Phi) is 10.9. The Hall–Kier alpha value is -5.24. The summed E-state index contributed by atoms with van der Waals surface area (Å²) in [5, 5.41) is 13.7. The molecule has 2 N–H and O–H groups in total. The van der Waals surface area contributed by atoms with E-state index in [1.54, 1.807) is 17.1 Å². The number of fused-ring (bicyclic) bond motifs is 3. The quantitative estimate of drug-likeness (QED) is 0.168. The first-order valence-electron chi connectivity index (χ1n) is 20.4. The minimum atomic E-state index is -2.85. The standard InChI is InChI=1S/C42H47F2N9O5/c43-39(44)38-35(46-42(56)34-21-45-52-17-14-36(47-40(34)52)51-23-32-20-30(51)25-58-32)24-53(49-38)29-8-6-27(7-9-29)22-50-15-12-31(13-16-50)57-18-2-4-26-3-1-5-28(19-26)33-10-11-37(54)48-41(33)55/h1,3,5,14,17,19,21,24,27,29-33,39H,6-13,15-16,18,20,22-23,25H2,(H,46,56)(H,48,54,55)/t27-,29-,30-,32-,33?/m1/s1. The lowest BCUT2D eigenvalue weighted by atomic mass is 9.85. The molecule has 1 unspecified atom stereocenters. The molecule has 5 fully saturated rings. The maximum Gasteiger partial charge on any atom is 0.284 e. The van der Waals surface area contributed by atoms with Crippen molar-refractivity contribution in [1.82, 2.24) is 34.6 Å². The number of ether oxygens (including phenoxy) is 2. The molecular formula is C42H47F2N9O5. The first kappa shape index (κ1) is 38.3. The van der Waals surface area contributed by atoms with Gasteiger partial charge in [0.05, 0.1) is 48.7 Å². The van der Waals surface area contributed by atoms with Gasteiger partial charge >= 0.3 is 0 Å². The molecule has 4 aliphatic heterocycles. The summed E-state index contributed by atoms with van der Waals surface area (Å²) in [7, 11) is 0. The van der Waals surface area contributed by atoms with E-state index in [2.05, 4.69) is 42.5 Å². The molecule has 14 nitrogen and oxygen atoms in total. The molecule has 3 atom stereocenters. The third kappa shape index (κ3) is 8.21. The second kappa shape index (κ2) is 16.6. The van der Waals surface area contributed by atoms with Crippen LogP contribution in [0, 0.1) is 17.8 Å². The number of carbonyl (C=O) groups is 3. The van der Waals surface area contributed by atoms with E-state index in [9.17, 15) is 23.2 Å². The van der Waals surface area contributed by atoms with Crippen molar-refractivity contribution >= 4 is 34.9 Å². The molecule has 58 heavy (non-hydrogen) atoms. The summed E-state index contributed by atoms with van der Waals surface area (Å²) in [5.74, 6) is 6.14. The van der Waals surface area contributed by atoms with Crippen molar-refractivity contribution in [3.63, 3.8) is 0 Å². The van der Waals surface area contributed by atoms with Crippen molar-refractivity contribution in [3.8, 4) is 11.8 Å². The monoisotopic (exact) mass is 795 g/mol. The number of hydrogen-bond acceptors (Lipinski definition) is 10. The number of imide groups is 1. The first-order valence-corrected chi connectivity index (χ1v) is 20.4. The molecule has 3 aromatic heterocycles. The zero-order chi connectivity index (χ0) is 39.8. The van der Waals surface area contributed by atoms with Crippen molar-refractivity contribution in [1.29, 1.82) is 0 Å². The highest BCUT2D eigenvalue weighted by atomic mass is 19.3. The summed E-state index contributed by atoms with van der Waals surface area (Å²) in [6.45, 7) is 4.61. The van der Waals surface area contributed by atoms with Crippen LogP contribution < -0.4 is 15.5 Å². The number of anilines is 2. The SMILES string of the molecule is O=C1CCC(c2cccc(C#CCOC3CCN(C[C@H]4CC[C@H](n5cc(NC(=O)c6cnn7ccc(N8C[C@H]9C[C@@H]8CO9)nc67)c(C(F)F)n5)CC4)CC3)c2)C(=O)N1. The van der Waals surface area contributed by atoms with Gasteiger partial charge in [0.1, 0.15) is 18.0 Å². The number of amides is 3. The molecule has 0 spiro atoms. The lowest BCUT2D eigenvalue weighted by Gasteiger charge is -2.36. The zero-order valence-corrected chi connectivity index (χ0v) is 32.2. The summed E-state index contributed by atoms with van der Waals surface area (Å²) in [4.78, 5) is 46.7. The number of likely N-dealkylation sites (tertiary alicyclic amines) is 1. The van der Waals surface area contributed by atoms with Gasteiger partial charge in [-0.1, -0.05) is 24.0 Å². The molecule has 9 rings (SSSR count). The van der Waals surface area contributed by atoms with E-state index < -0.39 is 18.0 Å². The summed E-state index contributed by atoms with van der Waals surface area (Å²) in [6, 6.07) is 9.70. The van der Waals surface area contributed by atoms with E-state index in [-0.39, 0.29) is 53.3 Å². The van der Waals surface area contributed by atoms with Gasteiger partial charge in [-0.25, -0.2) is 18.3 Å². The Labute approximate surface area is 334 Å². The number of rotatable bonds is 10. The van der Waals surface area contributed by atoms with Crippen molar-refractivity contribution < 1.29 is 32.6 Å². The number of halogens is 2. The van der Waals surface area contributed by atoms with E-state index in [1.807, 2.05) is 30.3 Å². The average Bonchev–Trinajstić information content (AvgIpc) is 4.05. The van der Waals surface area contributed by atoms with Gasteiger partial charge in [0.15, 0.2) is 11.3 Å². The second-order valence-corrected chi connectivity index (χ2v) is 16.2. The topological polar surface area (TPSA) is 148 Å². The molecule has 0 radical (unpaired) electrons. The molecule has 16 heteroatoms. The molecule has 1 saturated carbocycles. The number of aromatic nitrogens is 5. The van der Waals surface area contributed by atoms with Crippen molar-refractivity contribution in [2.45, 2.75) is 94.4 Å². The van der Waals surface area contributed by atoms with E-state index in [0.717, 1.165) is 88.1 Å². The van der Waals surface area contributed by atoms with E-state index in [4.69, 9.17) is 14.5 Å². The van der Waals surface area contributed by atoms with Crippen LogP contribution in [0.2, 0.25) is 0 Å². The van der Waals surface area contributed by atoms with Crippen LogP contribution >= 0.6 is 0 Å². The molecule has 3 amide bonds. The van der Waals surface area contributed by atoms with Gasteiger partial charge in [0.25, 0.3) is 12.3 Å². The van der Waals surface area contributed by atoms with Crippen LogP contribution in [-0.4, -0.2) is 105 Å². The van der Waals surface area contributed by atoms with Gasteiger partial charge in [0, 0.05) is 50.6 Å². The van der Waals surface area contributed by atoms with Crippen LogP contribution in [0.1, 0.15) is 103 Å². The Morgan fingerprint density at radius 2 is 1.91 bits per heavy atom. The summed E-state index contributed by atoms with van der Waals surface area (Å²) >= 11 is 0. The van der Waals surface area contributed by atoms with Crippen LogP contribution in [0.25, 0.3) is 5.65 Å². The smallest absolute Gasteiger partial charge is 0.284 e. The van der Waals surface area contributed by atoms with Gasteiger partial charge in [0.2, 0.25) is 11.8 Å². The molecule has 304 valence electrons. The number of piperidine rings is 2. The maximum absolute atomic E-state index is 14.2. The van der Waals surface area contributed by atoms with Crippen molar-refractivity contribution in [2.75, 3.05) is 49.6 Å². The molecule has 2 bridgehead atoms. The van der Waals surface area contributed by atoms with Crippen LogP contribution in [0.5, 0.6) is 0 Å². The normalized spacial score (nSPS) is 25.3. The molecule has 5 aliphatic rings.